The number of nitrogens with zero attached hydrogens (tertiary/aromatic N) is 3. The van der Waals surface area contributed by atoms with Gasteiger partial charge in [-0.1, -0.05) is 44.2 Å². The zero-order chi connectivity index (χ0) is 29.9. The molecule has 0 radical (unpaired) electrons. The fourth-order valence-corrected chi connectivity index (χ4v) is 5.23. The van der Waals surface area contributed by atoms with Gasteiger partial charge in [0.25, 0.3) is 5.88 Å². The number of aliphatic carboxylic acids is 1. The van der Waals surface area contributed by atoms with Crippen molar-refractivity contribution < 1.29 is 23.8 Å². The molecule has 0 bridgehead atoms. The van der Waals surface area contributed by atoms with E-state index in [0.717, 1.165) is 31.5 Å². The second-order valence-corrected chi connectivity index (χ2v) is 12.7. The Morgan fingerprint density at radius 1 is 1.12 bits per heavy atom. The van der Waals surface area contributed by atoms with Crippen LogP contribution in [0.2, 0.25) is 0 Å². The fourth-order valence-electron chi connectivity index (χ4n) is 5.23. The lowest BCUT2D eigenvalue weighted by Gasteiger charge is -2.40. The summed E-state index contributed by atoms with van der Waals surface area (Å²) < 4.78 is 27.4. The van der Waals surface area contributed by atoms with Gasteiger partial charge in [-0.25, -0.2) is 14.2 Å². The molecule has 41 heavy (non-hydrogen) atoms. The van der Waals surface area contributed by atoms with Crippen LogP contribution in [0.25, 0.3) is 11.1 Å². The van der Waals surface area contributed by atoms with Crippen LogP contribution in [-0.2, 0) is 16.0 Å². The van der Waals surface area contributed by atoms with Gasteiger partial charge in [0.15, 0.2) is 11.9 Å². The Balaban J connectivity index is 1.75. The normalized spacial score (nSPS) is 16.7. The Bertz CT molecular complexity index is 1360. The Labute approximate surface area is 242 Å². The van der Waals surface area contributed by atoms with Crippen molar-refractivity contribution in [1.29, 1.82) is 0 Å². The van der Waals surface area contributed by atoms with Crippen LogP contribution in [0.1, 0.15) is 77.3 Å². The van der Waals surface area contributed by atoms with Crippen LogP contribution in [-0.4, -0.2) is 45.8 Å². The first-order valence-corrected chi connectivity index (χ1v) is 14.3. The van der Waals surface area contributed by atoms with Gasteiger partial charge in [0, 0.05) is 54.3 Å². The summed E-state index contributed by atoms with van der Waals surface area (Å²) in [6.07, 6.45) is 4.21. The van der Waals surface area contributed by atoms with Gasteiger partial charge in [-0.15, -0.1) is 0 Å². The lowest BCUT2D eigenvalue weighted by Crippen LogP contribution is -2.39. The van der Waals surface area contributed by atoms with E-state index in [9.17, 15) is 9.90 Å². The molecule has 4 rings (SSSR count). The Morgan fingerprint density at radius 3 is 2.37 bits per heavy atom. The zero-order valence-corrected chi connectivity index (χ0v) is 25.2. The number of ether oxygens (including phenoxy) is 2. The van der Waals surface area contributed by atoms with Gasteiger partial charge in [0.05, 0.1) is 11.3 Å². The predicted octanol–water partition coefficient (Wildman–Crippen LogP) is 7.17. The summed E-state index contributed by atoms with van der Waals surface area (Å²) in [6.45, 7) is 15.1. The molecule has 1 aromatic carbocycles. The monoisotopic (exact) mass is 563 g/mol. The molecule has 1 N–H and O–H groups in total. The molecule has 1 fully saturated rings. The van der Waals surface area contributed by atoms with Gasteiger partial charge in [0.2, 0.25) is 0 Å². The van der Waals surface area contributed by atoms with Crippen LogP contribution < -0.4 is 9.64 Å². The maximum absolute atomic E-state index is 15.5. The van der Waals surface area contributed by atoms with Crippen LogP contribution in [0.3, 0.4) is 0 Å². The minimum atomic E-state index is -1.24. The molecule has 0 amide bonds. The quantitative estimate of drug-likeness (QED) is 0.295. The average molecular weight is 564 g/mol. The first kappa shape index (κ1) is 30.4. The minimum Gasteiger partial charge on any atom is -0.479 e. The zero-order valence-electron chi connectivity index (χ0n) is 25.2. The highest BCUT2D eigenvalue weighted by Gasteiger charge is 2.36. The minimum absolute atomic E-state index is 0.0711. The highest BCUT2D eigenvalue weighted by molar-refractivity contribution is 5.86. The Hall–Kier alpha value is -3.52. The van der Waals surface area contributed by atoms with Crippen LogP contribution in [0, 0.1) is 18.2 Å². The molecule has 2 aromatic heterocycles. The van der Waals surface area contributed by atoms with Gasteiger partial charge >= 0.3 is 5.97 Å². The third kappa shape index (κ3) is 7.61. The molecule has 2 atom stereocenters. The van der Waals surface area contributed by atoms with Crippen molar-refractivity contribution in [2.24, 2.45) is 5.41 Å². The van der Waals surface area contributed by atoms with Gasteiger partial charge in [-0.05, 0) is 64.5 Å². The fraction of sp³-hybridized carbons (Fsp3) is 0.485. The number of carboxylic acid groups (broad SMARTS) is 1. The van der Waals surface area contributed by atoms with E-state index < -0.39 is 23.5 Å². The number of aromatic nitrogens is 2. The van der Waals surface area contributed by atoms with Crippen molar-refractivity contribution in [2.45, 2.75) is 85.5 Å². The van der Waals surface area contributed by atoms with Crippen LogP contribution in [0.4, 0.5) is 10.1 Å². The maximum Gasteiger partial charge on any atom is 0.337 e. The topological polar surface area (TPSA) is 84.8 Å². The lowest BCUT2D eigenvalue weighted by atomic mass is 9.82. The summed E-state index contributed by atoms with van der Waals surface area (Å²) in [7, 11) is 0. The van der Waals surface area contributed by atoms with Crippen LogP contribution in [0.15, 0.2) is 48.8 Å². The van der Waals surface area contributed by atoms with E-state index in [1.54, 1.807) is 19.3 Å². The number of pyridine rings is 2. The standard InChI is InChI=1S/C33H42FN3O4/c1-21(17-23-11-9-8-10-12-23)40-30-26(34)18-24(19-36-30)25-20-35-22(2)27(29(31(38)39)41-32(3,4)5)28(25)37-15-13-33(6,7)14-16-37/h8-12,18-21,29H,13-17H2,1-7H3,(H,38,39)/t21-,29-/m0/s1. The molecule has 220 valence electrons. The predicted molar refractivity (Wildman–Crippen MR) is 159 cm³/mol. The molecule has 1 aliphatic rings. The molecular formula is C33H42FN3O4. The second-order valence-electron chi connectivity index (χ2n) is 12.7. The summed E-state index contributed by atoms with van der Waals surface area (Å²) in [5.74, 6) is -1.75. The largest absolute Gasteiger partial charge is 0.479 e. The first-order valence-electron chi connectivity index (χ1n) is 14.3. The smallest absolute Gasteiger partial charge is 0.337 e. The van der Waals surface area contributed by atoms with Gasteiger partial charge in [0.1, 0.15) is 6.10 Å². The number of aryl methyl sites for hydroxylation is 1. The SMILES string of the molecule is Cc1ncc(-c2cnc(O[C@@H](C)Cc3ccccc3)c(F)c2)c(N2CCC(C)(C)CC2)c1[C@H](OC(C)(C)C)C(=O)O. The third-order valence-electron chi connectivity index (χ3n) is 7.48. The summed E-state index contributed by atoms with van der Waals surface area (Å²) >= 11 is 0. The Kier molecular flexibility index (Phi) is 9.02. The van der Waals surface area contributed by atoms with Crippen molar-refractivity contribution >= 4 is 11.7 Å². The lowest BCUT2D eigenvalue weighted by molar-refractivity contribution is -0.160. The summed E-state index contributed by atoms with van der Waals surface area (Å²) in [5.41, 5.74) is 3.43. The highest BCUT2D eigenvalue weighted by Crippen LogP contribution is 2.43. The van der Waals surface area contributed by atoms with Gasteiger partial charge in [-0.2, -0.15) is 0 Å². The maximum atomic E-state index is 15.5. The third-order valence-corrected chi connectivity index (χ3v) is 7.48. The molecule has 1 aliphatic heterocycles. The van der Waals surface area contributed by atoms with E-state index in [1.807, 2.05) is 58.0 Å². The molecular weight excluding hydrogens is 521 g/mol. The number of anilines is 1. The first-order chi connectivity index (χ1) is 19.2. The van der Waals surface area contributed by atoms with E-state index in [4.69, 9.17) is 9.47 Å². The van der Waals surface area contributed by atoms with Gasteiger partial charge in [-0.3, -0.25) is 4.98 Å². The summed E-state index contributed by atoms with van der Waals surface area (Å²) in [4.78, 5) is 23.7. The van der Waals surface area contributed by atoms with Gasteiger partial charge < -0.3 is 19.5 Å². The number of benzene rings is 1. The van der Waals surface area contributed by atoms with E-state index in [-0.39, 0.29) is 17.4 Å². The number of piperidine rings is 1. The highest BCUT2D eigenvalue weighted by atomic mass is 19.1. The number of hydrogen-bond donors (Lipinski definition) is 1. The summed E-state index contributed by atoms with van der Waals surface area (Å²) in [6, 6.07) is 11.3. The average Bonchev–Trinajstić information content (AvgIpc) is 2.88. The molecule has 7 nitrogen and oxygen atoms in total. The molecule has 3 heterocycles. The van der Waals surface area contributed by atoms with Crippen LogP contribution in [0.5, 0.6) is 5.88 Å². The van der Waals surface area contributed by atoms with Crippen molar-refractivity contribution in [3.05, 3.63) is 71.4 Å². The number of carbonyl (C=O) groups is 1. The summed E-state index contributed by atoms with van der Waals surface area (Å²) in [5, 5.41) is 10.3. The van der Waals surface area contributed by atoms with E-state index in [0.29, 0.717) is 34.5 Å². The molecule has 0 saturated carbocycles. The molecule has 1 saturated heterocycles. The van der Waals surface area contributed by atoms with Crippen molar-refractivity contribution in [2.75, 3.05) is 18.0 Å². The molecule has 0 spiro atoms. The Morgan fingerprint density at radius 2 is 1.78 bits per heavy atom. The molecule has 0 unspecified atom stereocenters. The number of hydrogen-bond acceptors (Lipinski definition) is 6. The van der Waals surface area contributed by atoms with Crippen molar-refractivity contribution in [3.8, 4) is 17.0 Å². The van der Waals surface area contributed by atoms with Crippen LogP contribution >= 0.6 is 0 Å². The number of rotatable bonds is 9. The molecule has 0 aliphatic carbocycles. The molecule has 8 heteroatoms. The van der Waals surface area contributed by atoms with Crippen molar-refractivity contribution in [1.82, 2.24) is 9.97 Å². The molecule has 3 aromatic rings. The number of carboxylic acids is 1. The second kappa shape index (κ2) is 12.1. The number of halogens is 1. The van der Waals surface area contributed by atoms with E-state index >= 15 is 4.39 Å². The van der Waals surface area contributed by atoms with Crippen molar-refractivity contribution in [3.63, 3.8) is 0 Å². The van der Waals surface area contributed by atoms with E-state index in [2.05, 4.69) is 28.7 Å². The van der Waals surface area contributed by atoms with E-state index in [1.165, 1.54) is 6.07 Å².